The van der Waals surface area contributed by atoms with Gasteiger partial charge in [-0.15, -0.1) is 0 Å². The summed E-state index contributed by atoms with van der Waals surface area (Å²) in [6, 6.07) is 4.89. The molecule has 1 aromatic rings. The number of pyridine rings is 1. The molecule has 1 aromatic heterocycles. The van der Waals surface area contributed by atoms with Crippen molar-refractivity contribution >= 4 is 15.9 Å². The minimum atomic E-state index is -0.996. The Morgan fingerprint density at radius 2 is 2.29 bits per heavy atom. The van der Waals surface area contributed by atoms with Crippen LogP contribution >= 0.6 is 15.9 Å². The third kappa shape index (κ3) is 2.51. The third-order valence-corrected chi connectivity index (χ3v) is 2.43. The lowest BCUT2D eigenvalue weighted by Gasteiger charge is -2.15. The van der Waals surface area contributed by atoms with Crippen molar-refractivity contribution in [3.05, 3.63) is 29.6 Å². The summed E-state index contributed by atoms with van der Waals surface area (Å²) in [4.78, 5) is 3.76. The molecule has 2 N–H and O–H groups in total. The standard InChI is InChI=1S/C9H9BrN2O2/c10-4-8(13)9(14)6-1-2-12-7(3-6)5-11/h1-3,8-9,13-14H,4H2. The minimum absolute atomic E-state index is 0.225. The van der Waals surface area contributed by atoms with Crippen LogP contribution in [0.5, 0.6) is 0 Å². The molecule has 0 amide bonds. The second-order valence-electron chi connectivity index (χ2n) is 2.75. The van der Waals surface area contributed by atoms with Crippen LogP contribution in [0.1, 0.15) is 17.4 Å². The zero-order chi connectivity index (χ0) is 10.6. The predicted molar refractivity (Wildman–Crippen MR) is 53.7 cm³/mol. The van der Waals surface area contributed by atoms with E-state index < -0.39 is 12.2 Å². The van der Waals surface area contributed by atoms with Crippen LogP contribution in [0.2, 0.25) is 0 Å². The van der Waals surface area contributed by atoms with Crippen molar-refractivity contribution in [3.8, 4) is 6.07 Å². The highest BCUT2D eigenvalue weighted by molar-refractivity contribution is 9.09. The predicted octanol–water partition coefficient (Wildman–Crippen LogP) is 0.742. The van der Waals surface area contributed by atoms with Gasteiger partial charge in [-0.05, 0) is 17.7 Å². The number of aliphatic hydroxyl groups excluding tert-OH is 2. The van der Waals surface area contributed by atoms with Gasteiger partial charge in [-0.3, -0.25) is 0 Å². The summed E-state index contributed by atoms with van der Waals surface area (Å²) in [6.07, 6.45) is -0.452. The monoisotopic (exact) mass is 256 g/mol. The Bertz CT molecular complexity index is 351. The van der Waals surface area contributed by atoms with Crippen molar-refractivity contribution in [3.63, 3.8) is 0 Å². The topological polar surface area (TPSA) is 77.1 Å². The fourth-order valence-corrected chi connectivity index (χ4v) is 1.35. The van der Waals surface area contributed by atoms with E-state index in [1.54, 1.807) is 6.07 Å². The van der Waals surface area contributed by atoms with E-state index in [2.05, 4.69) is 20.9 Å². The first kappa shape index (κ1) is 11.1. The summed E-state index contributed by atoms with van der Waals surface area (Å²) in [5.74, 6) is 0. The van der Waals surface area contributed by atoms with Crippen molar-refractivity contribution in [1.82, 2.24) is 4.98 Å². The molecule has 0 saturated heterocycles. The molecule has 74 valence electrons. The highest BCUT2D eigenvalue weighted by Crippen LogP contribution is 2.17. The zero-order valence-corrected chi connectivity index (χ0v) is 8.85. The van der Waals surface area contributed by atoms with Crippen molar-refractivity contribution in [2.75, 3.05) is 5.33 Å². The molecular formula is C9H9BrN2O2. The van der Waals surface area contributed by atoms with Crippen LogP contribution in [0, 0.1) is 11.3 Å². The molecule has 0 fully saturated rings. The molecule has 1 rings (SSSR count). The van der Waals surface area contributed by atoms with Gasteiger partial charge in [0.2, 0.25) is 0 Å². The van der Waals surface area contributed by atoms with E-state index in [1.165, 1.54) is 12.3 Å². The summed E-state index contributed by atoms with van der Waals surface area (Å²) in [6.45, 7) is 0. The Labute approximate surface area is 90.0 Å². The molecule has 2 atom stereocenters. The van der Waals surface area contributed by atoms with E-state index in [9.17, 15) is 10.2 Å². The number of hydrogen-bond donors (Lipinski definition) is 2. The lowest BCUT2D eigenvalue weighted by atomic mass is 10.1. The zero-order valence-electron chi connectivity index (χ0n) is 7.26. The highest BCUT2D eigenvalue weighted by atomic mass is 79.9. The molecule has 1 heterocycles. The fourth-order valence-electron chi connectivity index (χ4n) is 0.999. The van der Waals surface area contributed by atoms with Gasteiger partial charge < -0.3 is 10.2 Å². The molecule has 0 aromatic carbocycles. The van der Waals surface area contributed by atoms with E-state index in [1.807, 2.05) is 6.07 Å². The van der Waals surface area contributed by atoms with Crippen LogP contribution in [-0.2, 0) is 0 Å². The van der Waals surface area contributed by atoms with Crippen molar-refractivity contribution < 1.29 is 10.2 Å². The normalized spacial score (nSPS) is 14.4. The van der Waals surface area contributed by atoms with Gasteiger partial charge in [-0.2, -0.15) is 5.26 Å². The molecule has 0 aliphatic rings. The Morgan fingerprint density at radius 1 is 1.57 bits per heavy atom. The number of nitrogens with zero attached hydrogens (tertiary/aromatic N) is 2. The van der Waals surface area contributed by atoms with E-state index in [0.29, 0.717) is 5.56 Å². The summed E-state index contributed by atoms with van der Waals surface area (Å²) >= 11 is 3.06. The van der Waals surface area contributed by atoms with Crippen LogP contribution in [0.15, 0.2) is 18.3 Å². The molecule has 2 unspecified atom stereocenters. The van der Waals surface area contributed by atoms with E-state index in [0.717, 1.165) is 0 Å². The maximum atomic E-state index is 9.59. The maximum absolute atomic E-state index is 9.59. The molecule has 0 aliphatic carbocycles. The van der Waals surface area contributed by atoms with Gasteiger partial charge in [-0.1, -0.05) is 15.9 Å². The largest absolute Gasteiger partial charge is 0.389 e. The van der Waals surface area contributed by atoms with Crippen LogP contribution in [0.3, 0.4) is 0 Å². The number of hydrogen-bond acceptors (Lipinski definition) is 4. The minimum Gasteiger partial charge on any atom is -0.389 e. The molecule has 0 bridgehead atoms. The number of rotatable bonds is 3. The van der Waals surface area contributed by atoms with Crippen molar-refractivity contribution in [2.45, 2.75) is 12.2 Å². The van der Waals surface area contributed by atoms with Gasteiger partial charge in [-0.25, -0.2) is 4.98 Å². The van der Waals surface area contributed by atoms with E-state index in [-0.39, 0.29) is 11.0 Å². The van der Waals surface area contributed by atoms with Crippen molar-refractivity contribution in [2.24, 2.45) is 0 Å². The number of aliphatic hydroxyl groups is 2. The molecule has 14 heavy (non-hydrogen) atoms. The Hall–Kier alpha value is -0.960. The first-order valence-electron chi connectivity index (χ1n) is 3.97. The summed E-state index contributed by atoms with van der Waals surface area (Å²) in [7, 11) is 0. The number of alkyl halides is 1. The first-order chi connectivity index (χ1) is 6.69. The lowest BCUT2D eigenvalue weighted by molar-refractivity contribution is 0.0342. The lowest BCUT2D eigenvalue weighted by Crippen LogP contribution is -2.19. The molecule has 0 saturated carbocycles. The van der Waals surface area contributed by atoms with Gasteiger partial charge in [0.15, 0.2) is 0 Å². The molecular weight excluding hydrogens is 248 g/mol. The van der Waals surface area contributed by atoms with Gasteiger partial charge in [0.1, 0.15) is 17.9 Å². The number of nitriles is 1. The molecule has 0 spiro atoms. The highest BCUT2D eigenvalue weighted by Gasteiger charge is 2.17. The smallest absolute Gasteiger partial charge is 0.140 e. The van der Waals surface area contributed by atoms with E-state index >= 15 is 0 Å². The van der Waals surface area contributed by atoms with Gasteiger partial charge in [0.05, 0.1) is 6.10 Å². The van der Waals surface area contributed by atoms with Crippen molar-refractivity contribution in [1.29, 1.82) is 5.26 Å². The molecule has 0 radical (unpaired) electrons. The Balaban J connectivity index is 2.91. The third-order valence-electron chi connectivity index (χ3n) is 1.76. The van der Waals surface area contributed by atoms with E-state index in [4.69, 9.17) is 5.26 Å². The molecule has 0 aliphatic heterocycles. The first-order valence-corrected chi connectivity index (χ1v) is 5.09. The van der Waals surface area contributed by atoms with Gasteiger partial charge in [0.25, 0.3) is 0 Å². The maximum Gasteiger partial charge on any atom is 0.140 e. The summed E-state index contributed by atoms with van der Waals surface area (Å²) in [5, 5.41) is 27.8. The Kier molecular flexibility index (Phi) is 4.01. The van der Waals surface area contributed by atoms with Crippen LogP contribution in [0.4, 0.5) is 0 Å². The molecule has 5 heteroatoms. The summed E-state index contributed by atoms with van der Waals surface area (Å²) in [5.41, 5.74) is 0.715. The Morgan fingerprint density at radius 3 is 2.86 bits per heavy atom. The van der Waals surface area contributed by atoms with Crippen LogP contribution < -0.4 is 0 Å². The quantitative estimate of drug-likeness (QED) is 0.783. The van der Waals surface area contributed by atoms with Gasteiger partial charge in [0, 0.05) is 11.5 Å². The van der Waals surface area contributed by atoms with Crippen LogP contribution in [0.25, 0.3) is 0 Å². The second kappa shape index (κ2) is 5.05. The number of halogens is 1. The second-order valence-corrected chi connectivity index (χ2v) is 3.40. The van der Waals surface area contributed by atoms with Crippen LogP contribution in [-0.4, -0.2) is 26.6 Å². The van der Waals surface area contributed by atoms with Gasteiger partial charge >= 0.3 is 0 Å². The SMILES string of the molecule is N#Cc1cc(C(O)C(O)CBr)ccn1. The average Bonchev–Trinajstić information content (AvgIpc) is 2.27. The molecule has 4 nitrogen and oxygen atoms in total. The number of aromatic nitrogens is 1. The summed E-state index contributed by atoms with van der Waals surface area (Å²) < 4.78 is 0. The fraction of sp³-hybridized carbons (Fsp3) is 0.333. The average molecular weight is 257 g/mol.